The summed E-state index contributed by atoms with van der Waals surface area (Å²) in [4.78, 5) is 9.64. The Hall–Kier alpha value is -2.75. The molecule has 0 spiro atoms. The number of alkyl halides is 2. The average molecular weight is 437 g/mol. The molecule has 0 fully saturated rings. The van der Waals surface area contributed by atoms with Gasteiger partial charge < -0.3 is 4.90 Å². The monoisotopic (exact) mass is 436 g/mol. The molecule has 4 rings (SSSR count). The summed E-state index contributed by atoms with van der Waals surface area (Å²) in [6.45, 7) is -0.668. The Morgan fingerprint density at radius 3 is 2.81 bits per heavy atom. The minimum atomic E-state index is -2.67. The van der Waals surface area contributed by atoms with Crippen molar-refractivity contribution in [3.63, 3.8) is 0 Å². The van der Waals surface area contributed by atoms with Crippen molar-refractivity contribution in [3.05, 3.63) is 46.9 Å². The molecule has 0 radical (unpaired) electrons. The molecule has 3 heterocycles. The molecule has 0 saturated heterocycles. The molecular weight excluding hydrogens is 425 g/mol. The van der Waals surface area contributed by atoms with Gasteiger partial charge in [0.1, 0.15) is 21.8 Å². The number of aryl methyl sites for hydroxylation is 1. The van der Waals surface area contributed by atoms with Crippen LogP contribution in [-0.4, -0.2) is 37.9 Å². The van der Waals surface area contributed by atoms with E-state index < -0.39 is 18.8 Å². The first kappa shape index (κ1) is 17.7. The van der Waals surface area contributed by atoms with Crippen LogP contribution in [0.4, 0.5) is 24.7 Å². The summed E-state index contributed by atoms with van der Waals surface area (Å²) in [7, 11) is 1.66. The van der Waals surface area contributed by atoms with E-state index in [0.717, 1.165) is 0 Å². The predicted molar refractivity (Wildman–Crippen MR) is 98.7 cm³/mol. The van der Waals surface area contributed by atoms with Crippen LogP contribution in [0.1, 0.15) is 0 Å². The largest absolute Gasteiger partial charge is 0.320 e. The SMILES string of the molecule is Cn1nnc2nc(N(CC(F)F)c3ccnc(Br)c3)c3c(F)cccc3c21. The third-order valence-electron chi connectivity index (χ3n) is 4.11. The summed E-state index contributed by atoms with van der Waals surface area (Å²) in [5.74, 6) is -0.514. The van der Waals surface area contributed by atoms with Gasteiger partial charge in [-0.1, -0.05) is 17.3 Å². The summed E-state index contributed by atoms with van der Waals surface area (Å²) >= 11 is 3.23. The molecule has 0 saturated carbocycles. The van der Waals surface area contributed by atoms with Gasteiger partial charge in [0.2, 0.25) is 5.65 Å². The number of benzene rings is 1. The lowest BCUT2D eigenvalue weighted by atomic mass is 10.1. The fourth-order valence-electron chi connectivity index (χ4n) is 3.03. The number of fused-ring (bicyclic) bond motifs is 3. The first-order chi connectivity index (χ1) is 13.0. The summed E-state index contributed by atoms with van der Waals surface area (Å²) in [6, 6.07) is 7.64. The molecule has 0 N–H and O–H groups in total. The van der Waals surface area contributed by atoms with Crippen LogP contribution in [0, 0.1) is 5.82 Å². The van der Waals surface area contributed by atoms with Crippen LogP contribution >= 0.6 is 15.9 Å². The molecule has 0 unspecified atom stereocenters. The normalized spacial score (nSPS) is 11.6. The smallest absolute Gasteiger partial charge is 0.256 e. The zero-order valence-electron chi connectivity index (χ0n) is 13.9. The Morgan fingerprint density at radius 1 is 1.26 bits per heavy atom. The molecule has 0 aliphatic carbocycles. The summed E-state index contributed by atoms with van der Waals surface area (Å²) in [5, 5.41) is 8.52. The fraction of sp³-hybridized carbons (Fsp3) is 0.176. The molecule has 4 aromatic rings. The molecule has 0 amide bonds. The van der Waals surface area contributed by atoms with Crippen molar-refractivity contribution in [2.45, 2.75) is 6.43 Å². The van der Waals surface area contributed by atoms with Crippen LogP contribution in [-0.2, 0) is 7.05 Å². The second-order valence-electron chi connectivity index (χ2n) is 5.82. The van der Waals surface area contributed by atoms with Crippen molar-refractivity contribution in [1.29, 1.82) is 0 Å². The molecule has 138 valence electrons. The van der Waals surface area contributed by atoms with Gasteiger partial charge in [-0.3, -0.25) is 0 Å². The lowest BCUT2D eigenvalue weighted by molar-refractivity contribution is 0.158. The van der Waals surface area contributed by atoms with Gasteiger partial charge in [0.25, 0.3) is 6.43 Å². The molecule has 3 aromatic heterocycles. The highest BCUT2D eigenvalue weighted by Crippen LogP contribution is 2.36. The molecule has 27 heavy (non-hydrogen) atoms. The van der Waals surface area contributed by atoms with Gasteiger partial charge in [0, 0.05) is 24.3 Å². The number of anilines is 2. The van der Waals surface area contributed by atoms with Gasteiger partial charge in [0.05, 0.1) is 11.9 Å². The first-order valence-corrected chi connectivity index (χ1v) is 8.70. The maximum atomic E-state index is 14.8. The Balaban J connectivity index is 2.07. The first-order valence-electron chi connectivity index (χ1n) is 7.90. The van der Waals surface area contributed by atoms with Gasteiger partial charge in [-0.2, -0.15) is 0 Å². The van der Waals surface area contributed by atoms with E-state index in [4.69, 9.17) is 0 Å². The number of rotatable bonds is 4. The highest BCUT2D eigenvalue weighted by atomic mass is 79.9. The molecular formula is C17H12BrF3N6. The lowest BCUT2D eigenvalue weighted by Gasteiger charge is -2.25. The second kappa shape index (κ2) is 6.76. The van der Waals surface area contributed by atoms with Crippen molar-refractivity contribution < 1.29 is 13.2 Å². The maximum Gasteiger partial charge on any atom is 0.256 e. The predicted octanol–water partition coefficient (Wildman–Crippen LogP) is 4.22. The molecule has 0 aliphatic rings. The van der Waals surface area contributed by atoms with E-state index in [1.54, 1.807) is 31.3 Å². The number of nitrogens with zero attached hydrogens (tertiary/aromatic N) is 6. The van der Waals surface area contributed by atoms with E-state index in [9.17, 15) is 13.2 Å². The van der Waals surface area contributed by atoms with Gasteiger partial charge in [-0.25, -0.2) is 27.8 Å². The molecule has 0 bridgehead atoms. The Kier molecular flexibility index (Phi) is 4.42. The number of aromatic nitrogens is 5. The van der Waals surface area contributed by atoms with Gasteiger partial charge >= 0.3 is 0 Å². The zero-order chi connectivity index (χ0) is 19.1. The summed E-state index contributed by atoms with van der Waals surface area (Å²) < 4.78 is 43.4. The summed E-state index contributed by atoms with van der Waals surface area (Å²) in [5.41, 5.74) is 1.18. The summed E-state index contributed by atoms with van der Waals surface area (Å²) in [6.07, 6.45) is -1.20. The Morgan fingerprint density at radius 2 is 2.07 bits per heavy atom. The van der Waals surface area contributed by atoms with E-state index in [0.29, 0.717) is 21.2 Å². The Bertz CT molecular complexity index is 1150. The van der Waals surface area contributed by atoms with Crippen LogP contribution in [0.2, 0.25) is 0 Å². The van der Waals surface area contributed by atoms with Crippen molar-refractivity contribution >= 4 is 49.4 Å². The van der Waals surface area contributed by atoms with Crippen LogP contribution in [0.5, 0.6) is 0 Å². The standard InChI is InChI=1S/C17H12BrF3N6/c1-26-15-10-3-2-4-11(19)14(10)17(23-16(15)24-25-26)27(8-13(20)21)9-5-6-22-12(18)7-9/h2-7,13H,8H2,1H3. The number of halogens is 4. The second-order valence-corrected chi connectivity index (χ2v) is 6.63. The van der Waals surface area contributed by atoms with E-state index in [1.165, 1.54) is 21.8 Å². The van der Waals surface area contributed by atoms with Gasteiger partial charge in [-0.15, -0.1) is 5.10 Å². The van der Waals surface area contributed by atoms with E-state index in [1.807, 2.05) is 0 Å². The number of pyridine rings is 2. The molecule has 6 nitrogen and oxygen atoms in total. The van der Waals surface area contributed by atoms with Gasteiger partial charge in [-0.05, 0) is 34.1 Å². The topological polar surface area (TPSA) is 59.7 Å². The van der Waals surface area contributed by atoms with Crippen LogP contribution in [0.25, 0.3) is 21.9 Å². The van der Waals surface area contributed by atoms with Crippen LogP contribution in [0.3, 0.4) is 0 Å². The number of hydrogen-bond donors (Lipinski definition) is 0. The minimum absolute atomic E-state index is 0.0505. The lowest BCUT2D eigenvalue weighted by Crippen LogP contribution is -2.25. The van der Waals surface area contributed by atoms with E-state index in [2.05, 4.69) is 36.2 Å². The quantitative estimate of drug-likeness (QED) is 0.448. The van der Waals surface area contributed by atoms with Crippen LogP contribution in [0.15, 0.2) is 41.1 Å². The van der Waals surface area contributed by atoms with Gasteiger partial charge in [0.15, 0.2) is 0 Å². The maximum absolute atomic E-state index is 14.8. The van der Waals surface area contributed by atoms with Crippen molar-refractivity contribution in [2.24, 2.45) is 7.05 Å². The molecule has 10 heteroatoms. The Labute approximate surface area is 159 Å². The average Bonchev–Trinajstić information content (AvgIpc) is 3.00. The highest BCUT2D eigenvalue weighted by molar-refractivity contribution is 9.10. The van der Waals surface area contributed by atoms with E-state index >= 15 is 0 Å². The third-order valence-corrected chi connectivity index (χ3v) is 4.54. The zero-order valence-corrected chi connectivity index (χ0v) is 15.5. The highest BCUT2D eigenvalue weighted by Gasteiger charge is 2.24. The number of hydrogen-bond acceptors (Lipinski definition) is 5. The third kappa shape index (κ3) is 3.09. The molecule has 0 aliphatic heterocycles. The molecule has 0 atom stereocenters. The minimum Gasteiger partial charge on any atom is -0.320 e. The van der Waals surface area contributed by atoms with E-state index in [-0.39, 0.29) is 16.9 Å². The van der Waals surface area contributed by atoms with Crippen LogP contribution < -0.4 is 4.90 Å². The molecule has 1 aromatic carbocycles. The van der Waals surface area contributed by atoms with Crippen molar-refractivity contribution in [3.8, 4) is 0 Å². The van der Waals surface area contributed by atoms with Crippen molar-refractivity contribution in [2.75, 3.05) is 11.4 Å². The fourth-order valence-corrected chi connectivity index (χ4v) is 3.38. The van der Waals surface area contributed by atoms with Crippen molar-refractivity contribution in [1.82, 2.24) is 25.0 Å².